The van der Waals surface area contributed by atoms with Crippen molar-refractivity contribution in [1.29, 1.82) is 0 Å². The van der Waals surface area contributed by atoms with Gasteiger partial charge in [-0.05, 0) is 48.5 Å². The van der Waals surface area contributed by atoms with E-state index in [2.05, 4.69) is 15.6 Å². The van der Waals surface area contributed by atoms with E-state index in [0.717, 1.165) is 23.4 Å². The maximum atomic E-state index is 12.7. The number of H-pyrrole nitrogens is 1. The quantitative estimate of drug-likeness (QED) is 0.526. The van der Waals surface area contributed by atoms with Crippen LogP contribution < -0.4 is 10.6 Å². The summed E-state index contributed by atoms with van der Waals surface area (Å²) >= 11 is 5.32. The molecule has 3 rings (SSSR count). The molecule has 0 saturated carbocycles. The van der Waals surface area contributed by atoms with Gasteiger partial charge in [-0.15, -0.1) is 0 Å². The highest BCUT2D eigenvalue weighted by Crippen LogP contribution is 2.14. The number of nitrogens with one attached hydrogen (secondary N) is 3. The van der Waals surface area contributed by atoms with Gasteiger partial charge in [0.05, 0.1) is 0 Å². The predicted octanol–water partition coefficient (Wildman–Crippen LogP) is 4.20. The summed E-state index contributed by atoms with van der Waals surface area (Å²) in [4.78, 5) is 27.4. The van der Waals surface area contributed by atoms with E-state index >= 15 is 0 Å². The van der Waals surface area contributed by atoms with Crippen LogP contribution in [0.1, 0.15) is 35.8 Å². The Kier molecular flexibility index (Phi) is 6.39. The van der Waals surface area contributed by atoms with Crippen LogP contribution in [0.25, 0.3) is 5.69 Å². The minimum atomic E-state index is -0.239. The Hall–Kier alpha value is -3.19. The molecule has 0 aliphatic carbocycles. The van der Waals surface area contributed by atoms with Crippen molar-refractivity contribution in [2.24, 2.45) is 0 Å². The van der Waals surface area contributed by atoms with Gasteiger partial charge in [-0.1, -0.05) is 37.3 Å². The van der Waals surface area contributed by atoms with Crippen molar-refractivity contribution < 1.29 is 9.59 Å². The minimum absolute atomic E-state index is 0.0158. The van der Waals surface area contributed by atoms with Gasteiger partial charge in [0.25, 0.3) is 5.91 Å². The number of hydrogen-bond donors (Lipinski definition) is 3. The van der Waals surface area contributed by atoms with E-state index in [1.54, 1.807) is 10.8 Å². The summed E-state index contributed by atoms with van der Waals surface area (Å²) in [6, 6.07) is 16.9. The number of para-hydroxylation sites is 1. The van der Waals surface area contributed by atoms with E-state index in [0.29, 0.717) is 23.4 Å². The van der Waals surface area contributed by atoms with Crippen LogP contribution in [0, 0.1) is 4.77 Å². The molecule has 0 saturated heterocycles. The number of amides is 2. The number of imidazole rings is 1. The Bertz CT molecular complexity index is 1020. The van der Waals surface area contributed by atoms with Crippen LogP contribution in [0.4, 0.5) is 5.69 Å². The maximum absolute atomic E-state index is 12.7. The fourth-order valence-electron chi connectivity index (χ4n) is 2.85. The van der Waals surface area contributed by atoms with E-state index in [1.807, 2.05) is 61.5 Å². The molecule has 0 aliphatic rings. The molecule has 2 amide bonds. The molecule has 2 aromatic carbocycles. The second-order valence-electron chi connectivity index (χ2n) is 6.33. The van der Waals surface area contributed by atoms with Gasteiger partial charge >= 0.3 is 0 Å². The fourth-order valence-corrected chi connectivity index (χ4v) is 3.11. The van der Waals surface area contributed by atoms with Gasteiger partial charge in [-0.3, -0.25) is 14.2 Å². The summed E-state index contributed by atoms with van der Waals surface area (Å²) in [5, 5.41) is 5.77. The van der Waals surface area contributed by atoms with E-state index in [4.69, 9.17) is 12.2 Å². The Balaban J connectivity index is 1.70. The molecule has 144 valence electrons. The second-order valence-corrected chi connectivity index (χ2v) is 6.72. The van der Waals surface area contributed by atoms with Gasteiger partial charge in [0.15, 0.2) is 4.77 Å². The third-order valence-corrected chi connectivity index (χ3v) is 4.46. The van der Waals surface area contributed by atoms with Gasteiger partial charge < -0.3 is 15.6 Å². The van der Waals surface area contributed by atoms with Crippen LogP contribution in [0.2, 0.25) is 0 Å². The van der Waals surface area contributed by atoms with E-state index in [1.165, 1.54) is 0 Å². The second kappa shape index (κ2) is 9.14. The summed E-state index contributed by atoms with van der Waals surface area (Å²) in [6.45, 7) is 2.30. The number of rotatable bonds is 7. The highest BCUT2D eigenvalue weighted by atomic mass is 32.1. The third-order valence-electron chi connectivity index (χ3n) is 4.16. The highest BCUT2D eigenvalue weighted by Gasteiger charge is 2.14. The fraction of sp³-hybridized carbons (Fsp3) is 0.190. The predicted molar refractivity (Wildman–Crippen MR) is 112 cm³/mol. The van der Waals surface area contributed by atoms with Crippen LogP contribution in [0.15, 0.2) is 60.8 Å². The molecule has 28 heavy (non-hydrogen) atoms. The molecule has 7 heteroatoms. The van der Waals surface area contributed by atoms with Crippen molar-refractivity contribution in [1.82, 2.24) is 14.9 Å². The summed E-state index contributed by atoms with van der Waals surface area (Å²) < 4.78 is 2.16. The molecule has 0 spiro atoms. The van der Waals surface area contributed by atoms with Gasteiger partial charge in [-0.2, -0.15) is 0 Å². The first-order valence-corrected chi connectivity index (χ1v) is 9.52. The first-order chi connectivity index (χ1) is 13.6. The maximum Gasteiger partial charge on any atom is 0.270 e. The van der Waals surface area contributed by atoms with Crippen molar-refractivity contribution in [3.8, 4) is 5.69 Å². The number of hydrogen-bond acceptors (Lipinski definition) is 3. The average Bonchev–Trinajstić information content (AvgIpc) is 3.09. The van der Waals surface area contributed by atoms with Crippen molar-refractivity contribution in [2.45, 2.75) is 26.3 Å². The van der Waals surface area contributed by atoms with E-state index < -0.39 is 0 Å². The third kappa shape index (κ3) is 4.75. The van der Waals surface area contributed by atoms with E-state index in [9.17, 15) is 9.59 Å². The first-order valence-electron chi connectivity index (χ1n) is 9.11. The van der Waals surface area contributed by atoms with Crippen LogP contribution >= 0.6 is 12.2 Å². The zero-order valence-corrected chi connectivity index (χ0v) is 16.4. The molecule has 0 radical (unpaired) electrons. The summed E-state index contributed by atoms with van der Waals surface area (Å²) in [5.74, 6) is -0.255. The Labute approximate surface area is 168 Å². The first kappa shape index (κ1) is 19.6. The van der Waals surface area contributed by atoms with Gasteiger partial charge in [0.2, 0.25) is 5.91 Å². The zero-order valence-electron chi connectivity index (χ0n) is 15.6. The van der Waals surface area contributed by atoms with Crippen molar-refractivity contribution in [3.63, 3.8) is 0 Å². The molecule has 0 fully saturated rings. The number of carbonyl (C=O) groups excluding carboxylic acids is 2. The molecule has 3 aromatic rings. The molecular formula is C21H22N4O2S. The van der Waals surface area contributed by atoms with E-state index in [-0.39, 0.29) is 11.8 Å². The smallest absolute Gasteiger partial charge is 0.270 e. The van der Waals surface area contributed by atoms with Crippen molar-refractivity contribution in [2.75, 3.05) is 5.32 Å². The van der Waals surface area contributed by atoms with Crippen molar-refractivity contribution >= 4 is 29.7 Å². The number of nitrogens with zero attached hydrogens (tertiary/aromatic N) is 1. The van der Waals surface area contributed by atoms with Crippen LogP contribution in [-0.2, 0) is 11.3 Å². The molecule has 3 N–H and O–H groups in total. The molecular weight excluding hydrogens is 372 g/mol. The number of benzene rings is 2. The molecule has 1 heterocycles. The molecule has 1 aromatic heterocycles. The largest absolute Gasteiger partial charge is 0.347 e. The minimum Gasteiger partial charge on any atom is -0.347 e. The Morgan fingerprint density at radius 1 is 1.11 bits per heavy atom. The highest BCUT2D eigenvalue weighted by molar-refractivity contribution is 7.71. The lowest BCUT2D eigenvalue weighted by Gasteiger charge is -2.10. The lowest BCUT2D eigenvalue weighted by atomic mass is 10.2. The lowest BCUT2D eigenvalue weighted by Crippen LogP contribution is -2.25. The molecule has 0 atom stereocenters. The van der Waals surface area contributed by atoms with Crippen molar-refractivity contribution in [3.05, 3.63) is 76.8 Å². The number of anilines is 1. The van der Waals surface area contributed by atoms with Crippen LogP contribution in [-0.4, -0.2) is 21.4 Å². The SMILES string of the molecule is CCCC(=O)Nc1cccc(CNC(=O)c2c[nH]c(=S)n2-c2ccccc2)c1. The Morgan fingerprint density at radius 2 is 1.89 bits per heavy atom. The standard InChI is InChI=1S/C21H22N4O2S/c1-2-7-19(26)24-16-9-6-8-15(12-16)13-22-20(27)18-14-23-21(28)25(18)17-10-4-3-5-11-17/h3-6,8-12,14H,2,7,13H2,1H3,(H,22,27)(H,23,28)(H,24,26). The monoisotopic (exact) mass is 394 g/mol. The van der Waals surface area contributed by atoms with Gasteiger partial charge in [0, 0.05) is 30.5 Å². The summed E-state index contributed by atoms with van der Waals surface area (Å²) in [5.41, 5.74) is 2.87. The molecule has 0 bridgehead atoms. The lowest BCUT2D eigenvalue weighted by molar-refractivity contribution is -0.116. The normalized spacial score (nSPS) is 10.5. The van der Waals surface area contributed by atoms with Crippen LogP contribution in [0.5, 0.6) is 0 Å². The van der Waals surface area contributed by atoms with Gasteiger partial charge in [0.1, 0.15) is 5.69 Å². The number of carbonyl (C=O) groups is 2. The molecule has 0 unspecified atom stereocenters. The summed E-state index contributed by atoms with van der Waals surface area (Å²) in [7, 11) is 0. The van der Waals surface area contributed by atoms with Crippen LogP contribution in [0.3, 0.4) is 0 Å². The number of aromatic amines is 1. The Morgan fingerprint density at radius 3 is 2.64 bits per heavy atom. The average molecular weight is 395 g/mol. The molecule has 0 aliphatic heterocycles. The number of aromatic nitrogens is 2. The zero-order chi connectivity index (χ0) is 19.9. The topological polar surface area (TPSA) is 78.9 Å². The summed E-state index contributed by atoms with van der Waals surface area (Å²) in [6.07, 6.45) is 2.88. The van der Waals surface area contributed by atoms with Gasteiger partial charge in [-0.25, -0.2) is 0 Å². The molecule has 6 nitrogen and oxygen atoms in total.